The first-order chi connectivity index (χ1) is 12.8. The summed E-state index contributed by atoms with van der Waals surface area (Å²) in [6.07, 6.45) is 0. The monoisotopic (exact) mass is 473 g/mol. The molecule has 2 rings (SSSR count). The Hall–Kier alpha value is -1.68. The van der Waals surface area contributed by atoms with Crippen molar-refractivity contribution in [2.24, 2.45) is 5.10 Å². The molecular weight excluding hydrogens is 462 g/mol. The summed E-state index contributed by atoms with van der Waals surface area (Å²) in [4.78, 5) is 0. The van der Waals surface area contributed by atoms with E-state index >= 15 is 0 Å². The molecule has 0 amide bonds. The molecule has 0 aliphatic heterocycles. The highest BCUT2D eigenvalue weighted by Crippen LogP contribution is 2.33. The van der Waals surface area contributed by atoms with Crippen molar-refractivity contribution in [2.45, 2.75) is 12.4 Å². The molecule has 2 aromatic carbocycles. The average molecular weight is 475 g/mol. The number of hydrogen-bond acceptors (Lipinski definition) is 4. The molecule has 0 aliphatic carbocycles. The van der Waals surface area contributed by atoms with Crippen LogP contribution in [0.5, 0.6) is 0 Å². The zero-order chi connectivity index (χ0) is 21.3. The normalized spacial score (nSPS) is 12.8. The number of anilines is 2. The SMILES string of the molecule is C/C(=N\N(C)c1cccc(Cl)c1Cl)c1cc(Cl)ccc1NS(=O)(=O)C(F)(F)F. The summed E-state index contributed by atoms with van der Waals surface area (Å²) >= 11 is 18.0. The standard InChI is InChI=1S/C16H13Cl3F3N3O2S/c1-9(23-25(2)14-5-3-4-12(18)15(14)19)11-8-10(17)6-7-13(11)24-28(26,27)16(20,21)22/h3-8,24H,1-2H3/b23-9+. The van der Waals surface area contributed by atoms with E-state index in [4.69, 9.17) is 34.8 Å². The van der Waals surface area contributed by atoms with E-state index in [9.17, 15) is 21.6 Å². The van der Waals surface area contributed by atoms with E-state index in [1.165, 1.54) is 28.8 Å². The maximum absolute atomic E-state index is 12.7. The molecule has 0 saturated carbocycles. The van der Waals surface area contributed by atoms with Crippen molar-refractivity contribution in [3.05, 3.63) is 57.0 Å². The largest absolute Gasteiger partial charge is 0.516 e. The molecule has 0 aliphatic rings. The van der Waals surface area contributed by atoms with Gasteiger partial charge in [-0.1, -0.05) is 40.9 Å². The number of hydrazone groups is 1. The van der Waals surface area contributed by atoms with Crippen LogP contribution in [0, 0.1) is 0 Å². The lowest BCUT2D eigenvalue weighted by Gasteiger charge is -2.18. The number of nitrogens with zero attached hydrogens (tertiary/aromatic N) is 2. The number of rotatable bonds is 5. The summed E-state index contributed by atoms with van der Waals surface area (Å²) in [6, 6.07) is 8.53. The minimum Gasteiger partial charge on any atom is -0.275 e. The molecule has 28 heavy (non-hydrogen) atoms. The summed E-state index contributed by atoms with van der Waals surface area (Å²) in [6.45, 7) is 1.48. The van der Waals surface area contributed by atoms with Crippen LogP contribution in [0.15, 0.2) is 41.5 Å². The Kier molecular flexibility index (Phi) is 6.75. The van der Waals surface area contributed by atoms with Gasteiger partial charge in [0.15, 0.2) is 0 Å². The third-order valence-electron chi connectivity index (χ3n) is 3.50. The molecule has 0 bridgehead atoms. The molecule has 1 N–H and O–H groups in total. The van der Waals surface area contributed by atoms with E-state index in [2.05, 4.69) is 5.10 Å². The molecule has 0 radical (unpaired) electrons. The molecule has 5 nitrogen and oxygen atoms in total. The van der Waals surface area contributed by atoms with E-state index in [-0.39, 0.29) is 27.0 Å². The number of halogens is 6. The van der Waals surface area contributed by atoms with E-state index in [0.29, 0.717) is 10.7 Å². The molecular formula is C16H13Cl3F3N3O2S. The highest BCUT2D eigenvalue weighted by Gasteiger charge is 2.46. The number of alkyl halides is 3. The van der Waals surface area contributed by atoms with Crippen LogP contribution in [0.3, 0.4) is 0 Å². The predicted octanol–water partition coefficient (Wildman–Crippen LogP) is 5.77. The Bertz CT molecular complexity index is 1030. The van der Waals surface area contributed by atoms with Gasteiger partial charge in [-0.05, 0) is 37.3 Å². The number of nitrogens with one attached hydrogen (secondary N) is 1. The molecule has 0 unspecified atom stereocenters. The first-order valence-electron chi connectivity index (χ1n) is 7.45. The molecule has 0 fully saturated rings. The fourth-order valence-corrected chi connectivity index (χ4v) is 3.36. The molecule has 2 aromatic rings. The van der Waals surface area contributed by atoms with Crippen LogP contribution >= 0.6 is 34.8 Å². The van der Waals surface area contributed by atoms with Crippen LogP contribution in [-0.4, -0.2) is 26.7 Å². The van der Waals surface area contributed by atoms with Gasteiger partial charge in [0.25, 0.3) is 0 Å². The van der Waals surface area contributed by atoms with Crippen molar-refractivity contribution in [1.82, 2.24) is 0 Å². The van der Waals surface area contributed by atoms with Crippen molar-refractivity contribution in [3.8, 4) is 0 Å². The lowest BCUT2D eigenvalue weighted by molar-refractivity contribution is -0.0429. The molecule has 0 heterocycles. The zero-order valence-electron chi connectivity index (χ0n) is 14.4. The highest BCUT2D eigenvalue weighted by molar-refractivity contribution is 7.93. The fourth-order valence-electron chi connectivity index (χ4n) is 2.18. The van der Waals surface area contributed by atoms with Crippen molar-refractivity contribution in [3.63, 3.8) is 0 Å². The Morgan fingerprint density at radius 2 is 1.79 bits per heavy atom. The number of hydrogen-bond donors (Lipinski definition) is 1. The summed E-state index contributed by atoms with van der Waals surface area (Å²) < 4.78 is 62.5. The van der Waals surface area contributed by atoms with Crippen LogP contribution in [0.25, 0.3) is 0 Å². The second kappa shape index (κ2) is 8.36. The van der Waals surface area contributed by atoms with E-state index < -0.39 is 15.5 Å². The second-order valence-electron chi connectivity index (χ2n) is 5.52. The van der Waals surface area contributed by atoms with Crippen LogP contribution < -0.4 is 9.73 Å². The topological polar surface area (TPSA) is 61.8 Å². The predicted molar refractivity (Wildman–Crippen MR) is 107 cm³/mol. The minimum absolute atomic E-state index is 0.0605. The second-order valence-corrected chi connectivity index (χ2v) is 8.42. The van der Waals surface area contributed by atoms with Gasteiger partial charge in [-0.15, -0.1) is 0 Å². The lowest BCUT2D eigenvalue weighted by Crippen LogP contribution is -2.30. The van der Waals surface area contributed by atoms with E-state index in [1.54, 1.807) is 25.2 Å². The summed E-state index contributed by atoms with van der Waals surface area (Å²) in [7, 11) is -4.07. The van der Waals surface area contributed by atoms with E-state index in [1.807, 2.05) is 0 Å². The molecule has 0 aromatic heterocycles. The molecule has 12 heteroatoms. The van der Waals surface area contributed by atoms with Crippen LogP contribution in [-0.2, 0) is 10.0 Å². The average Bonchev–Trinajstić information content (AvgIpc) is 2.57. The van der Waals surface area contributed by atoms with Crippen molar-refractivity contribution in [2.75, 3.05) is 16.8 Å². The number of sulfonamides is 1. The maximum atomic E-state index is 12.7. The summed E-state index contributed by atoms with van der Waals surface area (Å²) in [5.41, 5.74) is -5.12. The fraction of sp³-hybridized carbons (Fsp3) is 0.188. The van der Waals surface area contributed by atoms with Crippen LogP contribution in [0.4, 0.5) is 24.5 Å². The summed E-state index contributed by atoms with van der Waals surface area (Å²) in [5.74, 6) is 0. The number of benzene rings is 2. The third-order valence-corrected chi connectivity index (χ3v) is 5.64. The van der Waals surface area contributed by atoms with Gasteiger partial charge in [-0.25, -0.2) is 0 Å². The van der Waals surface area contributed by atoms with Gasteiger partial charge in [0.1, 0.15) is 0 Å². The molecule has 152 valence electrons. The molecule has 0 spiro atoms. The quantitative estimate of drug-likeness (QED) is 0.442. The van der Waals surface area contributed by atoms with Gasteiger partial charge in [-0.2, -0.15) is 26.7 Å². The molecule has 0 atom stereocenters. The van der Waals surface area contributed by atoms with Crippen molar-refractivity contribution in [1.29, 1.82) is 0 Å². The maximum Gasteiger partial charge on any atom is 0.516 e. The van der Waals surface area contributed by atoms with Crippen LogP contribution in [0.2, 0.25) is 15.1 Å². The Labute approximate surface area is 174 Å². The van der Waals surface area contributed by atoms with Gasteiger partial charge in [0.05, 0.1) is 27.1 Å². The minimum atomic E-state index is -5.61. The zero-order valence-corrected chi connectivity index (χ0v) is 17.4. The molecule has 0 saturated heterocycles. The van der Waals surface area contributed by atoms with Gasteiger partial charge < -0.3 is 0 Å². The van der Waals surface area contributed by atoms with Gasteiger partial charge in [0, 0.05) is 17.6 Å². The third kappa shape index (κ3) is 5.02. The smallest absolute Gasteiger partial charge is 0.275 e. The first-order valence-corrected chi connectivity index (χ1v) is 10.1. The van der Waals surface area contributed by atoms with E-state index in [0.717, 1.165) is 6.07 Å². The Morgan fingerprint density at radius 1 is 1.14 bits per heavy atom. The first kappa shape index (κ1) is 22.6. The summed E-state index contributed by atoms with van der Waals surface area (Å²) in [5, 5.41) is 6.30. The van der Waals surface area contributed by atoms with Gasteiger partial charge >= 0.3 is 15.5 Å². The van der Waals surface area contributed by atoms with Gasteiger partial charge in [0.2, 0.25) is 0 Å². The highest BCUT2D eigenvalue weighted by atomic mass is 35.5. The Morgan fingerprint density at radius 3 is 2.39 bits per heavy atom. The lowest BCUT2D eigenvalue weighted by atomic mass is 10.1. The van der Waals surface area contributed by atoms with Crippen molar-refractivity contribution < 1.29 is 21.6 Å². The van der Waals surface area contributed by atoms with Gasteiger partial charge in [-0.3, -0.25) is 9.73 Å². The Balaban J connectivity index is 2.47. The van der Waals surface area contributed by atoms with Crippen LogP contribution in [0.1, 0.15) is 12.5 Å². The van der Waals surface area contributed by atoms with Crippen molar-refractivity contribution >= 4 is 61.9 Å².